The molecule has 2 atom stereocenters. The first-order valence-corrected chi connectivity index (χ1v) is 13.2. The molecule has 3 amide bonds. The highest BCUT2D eigenvalue weighted by Crippen LogP contribution is 2.22. The smallest absolute Gasteiger partial charge is 0.268 e. The van der Waals surface area contributed by atoms with Crippen LogP contribution in [0.2, 0.25) is 0 Å². The molecule has 0 spiro atoms. The molecule has 0 aromatic heterocycles. The van der Waals surface area contributed by atoms with Crippen LogP contribution >= 0.6 is 0 Å². The summed E-state index contributed by atoms with van der Waals surface area (Å²) in [5.74, 6) is 4.40. The summed E-state index contributed by atoms with van der Waals surface area (Å²) in [6, 6.07) is 20.7. The number of aliphatic hydroxyl groups excluding tert-OH is 1. The van der Waals surface area contributed by atoms with E-state index in [4.69, 9.17) is 5.21 Å². The van der Waals surface area contributed by atoms with Crippen LogP contribution < -0.4 is 21.4 Å². The molecule has 6 N–H and O–H groups in total. The maximum atomic E-state index is 12.4. The fraction of sp³-hybridized carbons (Fsp3) is 0.281. The van der Waals surface area contributed by atoms with Gasteiger partial charge in [0.15, 0.2) is 0 Å². The van der Waals surface area contributed by atoms with Crippen molar-refractivity contribution in [3.05, 3.63) is 101 Å². The minimum absolute atomic E-state index is 0.105. The summed E-state index contributed by atoms with van der Waals surface area (Å²) in [6.07, 6.45) is -1.20. The van der Waals surface area contributed by atoms with Gasteiger partial charge >= 0.3 is 0 Å². The SMILES string of the molecule is C[C@@H](O)[C@H](NC(=O)c1ccc(C#Cc2ccc(NC(=O)CNCc3ccc(C(C)(C)C)cc3)cc2)cc1)C(=O)NO. The molecule has 3 aromatic rings. The number of amides is 3. The second-order valence-corrected chi connectivity index (χ2v) is 10.7. The minimum atomic E-state index is -1.30. The lowest BCUT2D eigenvalue weighted by atomic mass is 9.87. The minimum Gasteiger partial charge on any atom is -0.391 e. The second-order valence-electron chi connectivity index (χ2n) is 10.7. The largest absolute Gasteiger partial charge is 0.391 e. The summed E-state index contributed by atoms with van der Waals surface area (Å²) in [5.41, 5.74) is 6.25. The van der Waals surface area contributed by atoms with Gasteiger partial charge in [0.25, 0.3) is 11.8 Å². The second kappa shape index (κ2) is 14.2. The summed E-state index contributed by atoms with van der Waals surface area (Å²) in [4.78, 5) is 36.3. The van der Waals surface area contributed by atoms with E-state index in [9.17, 15) is 19.5 Å². The van der Waals surface area contributed by atoms with Gasteiger partial charge in [-0.05, 0) is 72.0 Å². The van der Waals surface area contributed by atoms with Crippen LogP contribution in [0.5, 0.6) is 0 Å². The maximum absolute atomic E-state index is 12.4. The molecule has 9 nitrogen and oxygen atoms in total. The van der Waals surface area contributed by atoms with E-state index in [0.717, 1.165) is 11.1 Å². The molecule has 3 rings (SSSR count). The summed E-state index contributed by atoms with van der Waals surface area (Å²) in [7, 11) is 0. The summed E-state index contributed by atoms with van der Waals surface area (Å²) >= 11 is 0. The molecule has 214 valence electrons. The predicted octanol–water partition coefficient (Wildman–Crippen LogP) is 3.10. The fourth-order valence-corrected chi connectivity index (χ4v) is 3.83. The van der Waals surface area contributed by atoms with Crippen molar-refractivity contribution in [2.24, 2.45) is 0 Å². The van der Waals surface area contributed by atoms with Crippen LogP contribution in [0.3, 0.4) is 0 Å². The predicted molar refractivity (Wildman–Crippen MR) is 157 cm³/mol. The number of carbonyl (C=O) groups is 3. The Balaban J connectivity index is 1.48. The van der Waals surface area contributed by atoms with E-state index in [1.165, 1.54) is 18.0 Å². The van der Waals surface area contributed by atoms with Crippen molar-refractivity contribution in [1.29, 1.82) is 0 Å². The molecule has 9 heteroatoms. The van der Waals surface area contributed by atoms with E-state index in [2.05, 4.69) is 72.8 Å². The van der Waals surface area contributed by atoms with Crippen LogP contribution in [0.15, 0.2) is 72.8 Å². The van der Waals surface area contributed by atoms with Crippen LogP contribution in [-0.2, 0) is 21.5 Å². The first kappa shape index (κ1) is 31.0. The quantitative estimate of drug-likeness (QED) is 0.136. The average molecular weight is 557 g/mol. The fourth-order valence-electron chi connectivity index (χ4n) is 3.83. The molecule has 41 heavy (non-hydrogen) atoms. The van der Waals surface area contributed by atoms with Gasteiger partial charge in [0.2, 0.25) is 5.91 Å². The van der Waals surface area contributed by atoms with Crippen LogP contribution in [0, 0.1) is 11.8 Å². The zero-order valence-corrected chi connectivity index (χ0v) is 23.6. The third-order valence-corrected chi connectivity index (χ3v) is 6.26. The number of rotatable bonds is 9. The third kappa shape index (κ3) is 9.58. The number of carbonyl (C=O) groups excluding carboxylic acids is 3. The van der Waals surface area contributed by atoms with Gasteiger partial charge in [-0.3, -0.25) is 19.6 Å². The van der Waals surface area contributed by atoms with Gasteiger partial charge in [-0.1, -0.05) is 56.9 Å². The highest BCUT2D eigenvalue weighted by atomic mass is 16.5. The standard InChI is InChI=1S/C32H36N4O5/c1-21(37)29(31(40)36-41)35-30(39)25-13-7-22(8-14-25)5-6-23-11-17-27(18-12-23)34-28(38)20-33-19-24-9-15-26(16-10-24)32(2,3)4/h7-18,21,29,33,37,41H,19-20H2,1-4H3,(H,34,38)(H,35,39)(H,36,40)/t21-,29+/m1/s1. The first-order valence-electron chi connectivity index (χ1n) is 13.2. The lowest BCUT2D eigenvalue weighted by Crippen LogP contribution is -2.51. The van der Waals surface area contributed by atoms with Crippen LogP contribution in [-0.4, -0.2) is 46.7 Å². The molecular weight excluding hydrogens is 520 g/mol. The Labute approximate surface area is 240 Å². The number of hydrogen-bond acceptors (Lipinski definition) is 6. The maximum Gasteiger partial charge on any atom is 0.268 e. The average Bonchev–Trinajstić information content (AvgIpc) is 2.95. The molecule has 0 aliphatic heterocycles. The molecule has 0 radical (unpaired) electrons. The van der Waals surface area contributed by atoms with E-state index in [1.807, 2.05) is 0 Å². The number of hydrogen-bond donors (Lipinski definition) is 6. The van der Waals surface area contributed by atoms with Gasteiger partial charge in [0.05, 0.1) is 12.6 Å². The Morgan fingerprint density at radius 3 is 1.93 bits per heavy atom. The van der Waals surface area contributed by atoms with E-state index in [1.54, 1.807) is 48.5 Å². The Morgan fingerprint density at radius 2 is 1.41 bits per heavy atom. The number of nitrogens with one attached hydrogen (secondary N) is 4. The number of anilines is 1. The van der Waals surface area contributed by atoms with E-state index in [0.29, 0.717) is 17.8 Å². The Kier molecular flexibility index (Phi) is 10.8. The molecule has 0 unspecified atom stereocenters. The summed E-state index contributed by atoms with van der Waals surface area (Å²) in [5, 5.41) is 26.8. The topological polar surface area (TPSA) is 140 Å². The van der Waals surface area contributed by atoms with E-state index < -0.39 is 24.0 Å². The summed E-state index contributed by atoms with van der Waals surface area (Å²) < 4.78 is 0. The molecule has 3 aromatic carbocycles. The Bertz CT molecular complexity index is 1400. The van der Waals surface area contributed by atoms with Crippen molar-refractivity contribution in [3.8, 4) is 11.8 Å². The zero-order valence-electron chi connectivity index (χ0n) is 23.6. The summed E-state index contributed by atoms with van der Waals surface area (Å²) in [6.45, 7) is 8.64. The Morgan fingerprint density at radius 1 is 0.854 bits per heavy atom. The zero-order chi connectivity index (χ0) is 30.0. The van der Waals surface area contributed by atoms with Gasteiger partial charge in [0, 0.05) is 28.9 Å². The molecule has 0 aliphatic rings. The molecule has 0 saturated carbocycles. The molecule has 0 fully saturated rings. The lowest BCUT2D eigenvalue weighted by molar-refractivity contribution is -0.133. The van der Waals surface area contributed by atoms with Crippen molar-refractivity contribution in [1.82, 2.24) is 16.1 Å². The highest BCUT2D eigenvalue weighted by Gasteiger charge is 2.25. The molecule has 0 aliphatic carbocycles. The Hall–Kier alpha value is -4.49. The van der Waals surface area contributed by atoms with E-state index in [-0.39, 0.29) is 23.4 Å². The van der Waals surface area contributed by atoms with Gasteiger partial charge in [0.1, 0.15) is 6.04 Å². The van der Waals surface area contributed by atoms with Crippen molar-refractivity contribution in [2.45, 2.75) is 51.8 Å². The van der Waals surface area contributed by atoms with Crippen LogP contribution in [0.1, 0.15) is 60.3 Å². The molecule has 0 heterocycles. The van der Waals surface area contributed by atoms with Gasteiger partial charge in [-0.2, -0.15) is 0 Å². The number of aliphatic hydroxyl groups is 1. The van der Waals surface area contributed by atoms with E-state index >= 15 is 0 Å². The van der Waals surface area contributed by atoms with Crippen molar-refractivity contribution >= 4 is 23.4 Å². The van der Waals surface area contributed by atoms with Gasteiger partial charge in [-0.15, -0.1) is 0 Å². The number of benzene rings is 3. The van der Waals surface area contributed by atoms with Crippen LogP contribution in [0.25, 0.3) is 0 Å². The molecule has 0 saturated heterocycles. The third-order valence-electron chi connectivity index (χ3n) is 6.26. The lowest BCUT2D eigenvalue weighted by Gasteiger charge is -2.19. The normalized spacial score (nSPS) is 12.3. The van der Waals surface area contributed by atoms with Crippen molar-refractivity contribution in [2.75, 3.05) is 11.9 Å². The first-order chi connectivity index (χ1) is 19.5. The number of hydroxylamine groups is 1. The molecular formula is C32H36N4O5. The highest BCUT2D eigenvalue weighted by molar-refractivity contribution is 5.97. The van der Waals surface area contributed by atoms with Crippen LogP contribution in [0.4, 0.5) is 5.69 Å². The van der Waals surface area contributed by atoms with Gasteiger partial charge < -0.3 is 21.1 Å². The van der Waals surface area contributed by atoms with Crippen molar-refractivity contribution in [3.63, 3.8) is 0 Å². The monoisotopic (exact) mass is 556 g/mol. The van der Waals surface area contributed by atoms with Gasteiger partial charge in [-0.25, -0.2) is 5.48 Å². The molecule has 0 bridgehead atoms. The van der Waals surface area contributed by atoms with Crippen molar-refractivity contribution < 1.29 is 24.7 Å².